The van der Waals surface area contributed by atoms with Crippen molar-refractivity contribution in [2.75, 3.05) is 6.54 Å². The molecule has 0 fully saturated rings. The van der Waals surface area contributed by atoms with E-state index in [4.69, 9.17) is 0 Å². The first-order valence-electron chi connectivity index (χ1n) is 7.61. The average Bonchev–Trinajstić information content (AvgIpc) is 2.94. The van der Waals surface area contributed by atoms with Crippen LogP contribution in [0.25, 0.3) is 0 Å². The summed E-state index contributed by atoms with van der Waals surface area (Å²) in [6.45, 7) is 5.91. The van der Waals surface area contributed by atoms with Gasteiger partial charge in [0.2, 0.25) is 0 Å². The molecule has 2 heterocycles. The lowest BCUT2D eigenvalue weighted by Gasteiger charge is -2.28. The van der Waals surface area contributed by atoms with E-state index >= 15 is 0 Å². The van der Waals surface area contributed by atoms with Gasteiger partial charge in [-0.05, 0) is 43.5 Å². The third-order valence-electron chi connectivity index (χ3n) is 4.08. The molecule has 0 saturated heterocycles. The van der Waals surface area contributed by atoms with Crippen molar-refractivity contribution in [2.45, 2.75) is 39.4 Å². The van der Waals surface area contributed by atoms with Crippen LogP contribution in [-0.2, 0) is 19.5 Å². The minimum atomic E-state index is -1.07. The van der Waals surface area contributed by atoms with E-state index in [9.17, 15) is 14.3 Å². The molecule has 0 saturated carbocycles. The van der Waals surface area contributed by atoms with E-state index in [1.54, 1.807) is 4.68 Å². The SMILES string of the molecule is CC(C)n1cc(CN2CCc3c(cc(F)cc3C(=O)O)C2)nn1. The van der Waals surface area contributed by atoms with Gasteiger partial charge in [0.15, 0.2) is 0 Å². The smallest absolute Gasteiger partial charge is 0.336 e. The fraction of sp³-hybridized carbons (Fsp3) is 0.438. The van der Waals surface area contributed by atoms with E-state index < -0.39 is 11.8 Å². The summed E-state index contributed by atoms with van der Waals surface area (Å²) in [4.78, 5) is 13.4. The summed E-state index contributed by atoms with van der Waals surface area (Å²) in [6, 6.07) is 2.79. The third kappa shape index (κ3) is 3.24. The topological polar surface area (TPSA) is 71.2 Å². The third-order valence-corrected chi connectivity index (χ3v) is 4.08. The Morgan fingerprint density at radius 3 is 2.87 bits per heavy atom. The van der Waals surface area contributed by atoms with Gasteiger partial charge in [0.05, 0.1) is 17.5 Å². The standard InChI is InChI=1S/C16H19FN4O2/c1-10(2)21-9-13(18-19-21)8-20-4-3-14-11(7-20)5-12(17)6-15(14)16(22)23/h5-6,9-10H,3-4,7-8H2,1-2H3,(H,22,23). The second-order valence-electron chi connectivity index (χ2n) is 6.14. The Balaban J connectivity index is 1.78. The Bertz CT molecular complexity index is 742. The van der Waals surface area contributed by atoms with Crippen LogP contribution in [0.15, 0.2) is 18.3 Å². The normalized spacial score (nSPS) is 15.0. The number of carboxylic acid groups (broad SMARTS) is 1. The quantitative estimate of drug-likeness (QED) is 0.936. The molecule has 6 nitrogen and oxygen atoms in total. The summed E-state index contributed by atoms with van der Waals surface area (Å²) >= 11 is 0. The first kappa shape index (κ1) is 15.6. The number of nitrogens with zero attached hydrogens (tertiary/aromatic N) is 4. The lowest BCUT2D eigenvalue weighted by molar-refractivity contribution is 0.0694. The van der Waals surface area contributed by atoms with Crippen LogP contribution in [-0.4, -0.2) is 37.5 Å². The molecule has 23 heavy (non-hydrogen) atoms. The van der Waals surface area contributed by atoms with Crippen LogP contribution in [0.5, 0.6) is 0 Å². The number of hydrogen-bond donors (Lipinski definition) is 1. The van der Waals surface area contributed by atoms with Gasteiger partial charge in [0, 0.05) is 25.7 Å². The summed E-state index contributed by atoms with van der Waals surface area (Å²) in [5, 5.41) is 17.5. The summed E-state index contributed by atoms with van der Waals surface area (Å²) in [5.74, 6) is -1.58. The maximum Gasteiger partial charge on any atom is 0.336 e. The number of carboxylic acids is 1. The minimum Gasteiger partial charge on any atom is -0.478 e. The first-order chi connectivity index (χ1) is 10.9. The van der Waals surface area contributed by atoms with Gasteiger partial charge in [-0.1, -0.05) is 5.21 Å². The van der Waals surface area contributed by atoms with E-state index in [1.807, 2.05) is 20.0 Å². The number of fused-ring (bicyclic) bond motifs is 1. The van der Waals surface area contributed by atoms with Gasteiger partial charge < -0.3 is 5.11 Å². The maximum atomic E-state index is 13.7. The molecule has 0 aliphatic carbocycles. The number of carbonyl (C=O) groups is 1. The molecule has 1 aromatic heterocycles. The highest BCUT2D eigenvalue weighted by Crippen LogP contribution is 2.25. The summed E-state index contributed by atoms with van der Waals surface area (Å²) < 4.78 is 15.5. The van der Waals surface area contributed by atoms with Gasteiger partial charge in [-0.25, -0.2) is 13.9 Å². The lowest BCUT2D eigenvalue weighted by atomic mass is 9.94. The molecule has 2 aromatic rings. The summed E-state index contributed by atoms with van der Waals surface area (Å²) in [7, 11) is 0. The molecule has 1 aliphatic heterocycles. The number of aromatic nitrogens is 3. The van der Waals surface area contributed by atoms with Crippen LogP contribution >= 0.6 is 0 Å². The van der Waals surface area contributed by atoms with Crippen LogP contribution < -0.4 is 0 Å². The second-order valence-corrected chi connectivity index (χ2v) is 6.14. The predicted molar refractivity (Wildman–Crippen MR) is 81.6 cm³/mol. The van der Waals surface area contributed by atoms with Gasteiger partial charge in [0.25, 0.3) is 0 Å². The lowest BCUT2D eigenvalue weighted by Crippen LogP contribution is -2.31. The minimum absolute atomic E-state index is 0.0744. The van der Waals surface area contributed by atoms with Crippen molar-refractivity contribution < 1.29 is 14.3 Å². The van der Waals surface area contributed by atoms with Gasteiger partial charge in [-0.2, -0.15) is 0 Å². The molecule has 1 N–H and O–H groups in total. The van der Waals surface area contributed by atoms with Gasteiger partial charge >= 0.3 is 5.97 Å². The highest BCUT2D eigenvalue weighted by Gasteiger charge is 2.23. The molecule has 0 atom stereocenters. The van der Waals surface area contributed by atoms with Crippen LogP contribution in [0.2, 0.25) is 0 Å². The van der Waals surface area contributed by atoms with Crippen molar-refractivity contribution in [3.05, 3.63) is 46.5 Å². The van der Waals surface area contributed by atoms with Gasteiger partial charge in [0.1, 0.15) is 5.82 Å². The summed E-state index contributed by atoms with van der Waals surface area (Å²) in [5.41, 5.74) is 2.41. The van der Waals surface area contributed by atoms with Crippen molar-refractivity contribution in [2.24, 2.45) is 0 Å². The maximum absolute atomic E-state index is 13.7. The molecular weight excluding hydrogens is 299 g/mol. The molecule has 122 valence electrons. The Labute approximate surface area is 133 Å². The highest BCUT2D eigenvalue weighted by atomic mass is 19.1. The number of hydrogen-bond acceptors (Lipinski definition) is 4. The molecule has 0 radical (unpaired) electrons. The van der Waals surface area contributed by atoms with Gasteiger partial charge in [-0.3, -0.25) is 4.90 Å². The van der Waals surface area contributed by atoms with Crippen LogP contribution in [0.4, 0.5) is 4.39 Å². The molecule has 1 aromatic carbocycles. The fourth-order valence-corrected chi connectivity index (χ4v) is 2.91. The molecular formula is C16H19FN4O2. The molecule has 7 heteroatoms. The highest BCUT2D eigenvalue weighted by molar-refractivity contribution is 5.90. The van der Waals surface area contributed by atoms with Crippen molar-refractivity contribution in [3.63, 3.8) is 0 Å². The zero-order valence-corrected chi connectivity index (χ0v) is 13.2. The number of halogens is 1. The van der Waals surface area contributed by atoms with E-state index in [1.165, 1.54) is 6.07 Å². The van der Waals surface area contributed by atoms with Crippen LogP contribution in [0, 0.1) is 5.82 Å². The molecule has 0 bridgehead atoms. The molecule has 0 unspecified atom stereocenters. The van der Waals surface area contributed by atoms with Crippen LogP contribution in [0.1, 0.15) is 47.1 Å². The first-order valence-corrected chi connectivity index (χ1v) is 7.61. The Hall–Kier alpha value is -2.28. The van der Waals surface area contributed by atoms with Crippen LogP contribution in [0.3, 0.4) is 0 Å². The van der Waals surface area contributed by atoms with E-state index in [0.717, 1.165) is 22.9 Å². The van der Waals surface area contributed by atoms with E-state index in [0.29, 0.717) is 26.1 Å². The zero-order chi connectivity index (χ0) is 16.6. The fourth-order valence-electron chi connectivity index (χ4n) is 2.91. The molecule has 1 aliphatic rings. The van der Waals surface area contributed by atoms with Gasteiger partial charge in [-0.15, -0.1) is 5.10 Å². The molecule has 0 spiro atoms. The van der Waals surface area contributed by atoms with E-state index in [-0.39, 0.29) is 11.6 Å². The zero-order valence-electron chi connectivity index (χ0n) is 13.2. The van der Waals surface area contributed by atoms with E-state index in [2.05, 4.69) is 15.2 Å². The van der Waals surface area contributed by atoms with Crippen molar-refractivity contribution in [1.82, 2.24) is 19.9 Å². The summed E-state index contributed by atoms with van der Waals surface area (Å²) in [6.07, 6.45) is 2.50. The molecule has 3 rings (SSSR count). The second kappa shape index (κ2) is 6.08. The number of benzene rings is 1. The number of rotatable bonds is 4. The average molecular weight is 318 g/mol. The van der Waals surface area contributed by atoms with Crippen molar-refractivity contribution in [3.8, 4) is 0 Å². The van der Waals surface area contributed by atoms with Crippen molar-refractivity contribution >= 4 is 5.97 Å². The Morgan fingerprint density at radius 2 is 2.22 bits per heavy atom. The molecule has 0 amide bonds. The largest absolute Gasteiger partial charge is 0.478 e. The number of aromatic carboxylic acids is 1. The Morgan fingerprint density at radius 1 is 1.43 bits per heavy atom. The Kier molecular flexibility index (Phi) is 4.12. The van der Waals surface area contributed by atoms with Crippen molar-refractivity contribution in [1.29, 1.82) is 0 Å². The monoisotopic (exact) mass is 318 g/mol. The predicted octanol–water partition coefficient (Wildman–Crippen LogP) is 2.25.